The molecular formula is C18H25FN2O3S. The zero-order valence-electron chi connectivity index (χ0n) is 14.3. The molecule has 7 heteroatoms. The third-order valence-electron chi connectivity index (χ3n) is 5.16. The Kier molecular flexibility index (Phi) is 5.74. The lowest BCUT2D eigenvalue weighted by atomic mass is 9.93. The van der Waals surface area contributed by atoms with Crippen LogP contribution in [-0.4, -0.2) is 37.8 Å². The number of amides is 1. The minimum atomic E-state index is -3.69. The van der Waals surface area contributed by atoms with Crippen LogP contribution in [0.15, 0.2) is 29.2 Å². The van der Waals surface area contributed by atoms with Gasteiger partial charge in [-0.05, 0) is 49.9 Å². The lowest BCUT2D eigenvalue weighted by Crippen LogP contribution is -2.47. The Morgan fingerprint density at radius 3 is 2.40 bits per heavy atom. The summed E-state index contributed by atoms with van der Waals surface area (Å²) in [5, 5.41) is 3.10. The minimum Gasteiger partial charge on any atom is -0.353 e. The number of rotatable bonds is 4. The molecule has 1 heterocycles. The Hall–Kier alpha value is -1.47. The number of benzene rings is 1. The molecule has 2 aliphatic rings. The highest BCUT2D eigenvalue weighted by atomic mass is 32.2. The Balaban J connectivity index is 1.65. The fourth-order valence-electron chi connectivity index (χ4n) is 3.70. The molecule has 138 valence electrons. The Labute approximate surface area is 148 Å². The zero-order valence-corrected chi connectivity index (χ0v) is 15.1. The number of nitrogens with zero attached hydrogens (tertiary/aromatic N) is 1. The van der Waals surface area contributed by atoms with Crippen LogP contribution in [0.2, 0.25) is 0 Å². The lowest BCUT2D eigenvalue weighted by Gasteiger charge is -2.32. The average molecular weight is 368 g/mol. The van der Waals surface area contributed by atoms with Crippen molar-refractivity contribution in [1.82, 2.24) is 9.62 Å². The first-order valence-corrected chi connectivity index (χ1v) is 10.5. The van der Waals surface area contributed by atoms with Gasteiger partial charge in [0.2, 0.25) is 15.9 Å². The van der Waals surface area contributed by atoms with Gasteiger partial charge in [-0.1, -0.05) is 19.3 Å². The molecule has 0 spiro atoms. The van der Waals surface area contributed by atoms with Gasteiger partial charge in [-0.25, -0.2) is 12.8 Å². The molecule has 5 nitrogen and oxygen atoms in total. The summed E-state index contributed by atoms with van der Waals surface area (Å²) in [5.74, 6) is -0.820. The molecule has 1 aromatic rings. The summed E-state index contributed by atoms with van der Waals surface area (Å²) in [6.45, 7) is 0.588. The largest absolute Gasteiger partial charge is 0.353 e. The van der Waals surface area contributed by atoms with E-state index in [0.29, 0.717) is 19.4 Å². The molecule has 1 amide bonds. The summed E-state index contributed by atoms with van der Waals surface area (Å²) in [4.78, 5) is 12.6. The molecular weight excluding hydrogens is 343 g/mol. The summed E-state index contributed by atoms with van der Waals surface area (Å²) in [6.07, 6.45) is 6.88. The quantitative estimate of drug-likeness (QED) is 0.889. The zero-order chi connectivity index (χ0) is 17.9. The van der Waals surface area contributed by atoms with E-state index in [2.05, 4.69) is 5.32 Å². The van der Waals surface area contributed by atoms with Gasteiger partial charge in [0.1, 0.15) is 5.82 Å². The molecule has 1 aliphatic heterocycles. The van der Waals surface area contributed by atoms with Crippen molar-refractivity contribution in [3.8, 4) is 0 Å². The first-order chi connectivity index (χ1) is 12.0. The number of piperidine rings is 1. The van der Waals surface area contributed by atoms with E-state index in [0.717, 1.165) is 37.8 Å². The van der Waals surface area contributed by atoms with Crippen molar-refractivity contribution in [3.05, 3.63) is 30.1 Å². The molecule has 0 unspecified atom stereocenters. The van der Waals surface area contributed by atoms with Gasteiger partial charge < -0.3 is 5.32 Å². The van der Waals surface area contributed by atoms with Crippen LogP contribution in [0.4, 0.5) is 4.39 Å². The van der Waals surface area contributed by atoms with Gasteiger partial charge in [0.25, 0.3) is 0 Å². The van der Waals surface area contributed by atoms with Crippen molar-refractivity contribution < 1.29 is 17.6 Å². The van der Waals surface area contributed by atoms with E-state index in [1.807, 2.05) is 0 Å². The van der Waals surface area contributed by atoms with Crippen molar-refractivity contribution in [3.63, 3.8) is 0 Å². The van der Waals surface area contributed by atoms with Gasteiger partial charge in [0, 0.05) is 19.1 Å². The van der Waals surface area contributed by atoms with Crippen LogP contribution >= 0.6 is 0 Å². The van der Waals surface area contributed by atoms with Crippen molar-refractivity contribution >= 4 is 15.9 Å². The van der Waals surface area contributed by atoms with Crippen molar-refractivity contribution in [1.29, 1.82) is 0 Å². The molecule has 0 aromatic heterocycles. The van der Waals surface area contributed by atoms with Gasteiger partial charge in [0.05, 0.1) is 10.8 Å². The first-order valence-electron chi connectivity index (χ1n) is 9.03. The summed E-state index contributed by atoms with van der Waals surface area (Å²) >= 11 is 0. The topological polar surface area (TPSA) is 66.5 Å². The Morgan fingerprint density at radius 1 is 1.04 bits per heavy atom. The molecule has 1 saturated heterocycles. The number of hydrogen-bond acceptors (Lipinski definition) is 3. The highest BCUT2D eigenvalue weighted by Crippen LogP contribution is 2.25. The van der Waals surface area contributed by atoms with Crippen LogP contribution in [0, 0.1) is 11.7 Å². The smallest absolute Gasteiger partial charge is 0.243 e. The van der Waals surface area contributed by atoms with Crippen molar-refractivity contribution in [2.24, 2.45) is 5.92 Å². The third-order valence-corrected chi connectivity index (χ3v) is 7.04. The van der Waals surface area contributed by atoms with Crippen LogP contribution in [0.5, 0.6) is 0 Å². The normalized spacial score (nSPS) is 23.3. The Bertz CT molecular complexity index is 700. The fraction of sp³-hybridized carbons (Fsp3) is 0.611. The molecule has 1 aromatic carbocycles. The number of carbonyl (C=O) groups is 1. The second kappa shape index (κ2) is 7.83. The molecule has 0 bridgehead atoms. The molecule has 1 saturated carbocycles. The predicted octanol–water partition coefficient (Wildman–Crippen LogP) is 2.68. The molecule has 1 atom stereocenters. The number of hydrogen-bond donors (Lipinski definition) is 1. The van der Waals surface area contributed by atoms with Gasteiger partial charge in [-0.2, -0.15) is 4.31 Å². The maximum absolute atomic E-state index is 13.0. The van der Waals surface area contributed by atoms with E-state index in [-0.39, 0.29) is 29.3 Å². The standard InChI is InChI=1S/C18H25FN2O3S/c19-15-8-10-17(11-9-15)25(23,24)21-12-4-5-14(13-21)18(22)20-16-6-2-1-3-7-16/h8-11,14,16H,1-7,12-13H2,(H,20,22)/t14-/m0/s1. The van der Waals surface area contributed by atoms with Crippen molar-refractivity contribution in [2.75, 3.05) is 13.1 Å². The maximum Gasteiger partial charge on any atom is 0.243 e. The summed E-state index contributed by atoms with van der Waals surface area (Å²) in [5.41, 5.74) is 0. The average Bonchev–Trinajstić information content (AvgIpc) is 2.63. The molecule has 2 fully saturated rings. The monoisotopic (exact) mass is 368 g/mol. The molecule has 0 radical (unpaired) electrons. The minimum absolute atomic E-state index is 0.0362. The van der Waals surface area contributed by atoms with E-state index in [9.17, 15) is 17.6 Å². The van der Waals surface area contributed by atoms with E-state index in [1.54, 1.807) is 0 Å². The lowest BCUT2D eigenvalue weighted by molar-refractivity contribution is -0.127. The van der Waals surface area contributed by atoms with Crippen LogP contribution < -0.4 is 5.32 Å². The van der Waals surface area contributed by atoms with E-state index >= 15 is 0 Å². The van der Waals surface area contributed by atoms with E-state index in [4.69, 9.17) is 0 Å². The highest BCUT2D eigenvalue weighted by Gasteiger charge is 2.34. The number of carbonyl (C=O) groups excluding carboxylic acids is 1. The Morgan fingerprint density at radius 2 is 1.72 bits per heavy atom. The van der Waals surface area contributed by atoms with Crippen LogP contribution in [-0.2, 0) is 14.8 Å². The number of sulfonamides is 1. The second-order valence-corrected chi connectivity index (χ2v) is 8.94. The summed E-state index contributed by atoms with van der Waals surface area (Å²) in [6, 6.07) is 5.06. The van der Waals surface area contributed by atoms with Crippen LogP contribution in [0.1, 0.15) is 44.9 Å². The number of nitrogens with one attached hydrogen (secondary N) is 1. The van der Waals surface area contributed by atoms with Gasteiger partial charge in [-0.3, -0.25) is 4.79 Å². The van der Waals surface area contributed by atoms with E-state index < -0.39 is 15.8 Å². The van der Waals surface area contributed by atoms with Gasteiger partial charge in [-0.15, -0.1) is 0 Å². The highest BCUT2D eigenvalue weighted by molar-refractivity contribution is 7.89. The molecule has 25 heavy (non-hydrogen) atoms. The predicted molar refractivity (Wildman–Crippen MR) is 92.9 cm³/mol. The van der Waals surface area contributed by atoms with E-state index in [1.165, 1.54) is 22.9 Å². The van der Waals surface area contributed by atoms with Gasteiger partial charge >= 0.3 is 0 Å². The molecule has 1 N–H and O–H groups in total. The molecule has 3 rings (SSSR count). The van der Waals surface area contributed by atoms with Crippen molar-refractivity contribution in [2.45, 2.75) is 55.9 Å². The van der Waals surface area contributed by atoms with Gasteiger partial charge in [0.15, 0.2) is 0 Å². The maximum atomic E-state index is 13.0. The number of halogens is 1. The van der Waals surface area contributed by atoms with Crippen LogP contribution in [0.3, 0.4) is 0 Å². The fourth-order valence-corrected chi connectivity index (χ4v) is 5.22. The first kappa shape index (κ1) is 18.3. The summed E-state index contributed by atoms with van der Waals surface area (Å²) in [7, 11) is -3.69. The van der Waals surface area contributed by atoms with Crippen LogP contribution in [0.25, 0.3) is 0 Å². The summed E-state index contributed by atoms with van der Waals surface area (Å²) < 4.78 is 39.9. The third kappa shape index (κ3) is 4.39. The SMILES string of the molecule is O=C(NC1CCCCC1)[C@H]1CCCN(S(=O)(=O)c2ccc(F)cc2)C1. The second-order valence-electron chi connectivity index (χ2n) is 7.00. The molecule has 1 aliphatic carbocycles.